The average molecular weight is 222 g/mol. The minimum atomic E-state index is -0.0563. The topological polar surface area (TPSA) is 49.2 Å². The van der Waals surface area contributed by atoms with Gasteiger partial charge in [0.25, 0.3) is 10.7 Å². The number of carbonyl (C=O) groups excluding carboxylic acids is 1. The van der Waals surface area contributed by atoms with E-state index in [1.165, 1.54) is 4.90 Å². The van der Waals surface area contributed by atoms with E-state index < -0.39 is 0 Å². The minimum absolute atomic E-state index is 0.0563. The van der Waals surface area contributed by atoms with Gasteiger partial charge in [0.15, 0.2) is 5.58 Å². The van der Waals surface area contributed by atoms with Crippen molar-refractivity contribution in [3.05, 3.63) is 28.6 Å². The van der Waals surface area contributed by atoms with Crippen LogP contribution in [0.1, 0.15) is 10.4 Å². The Morgan fingerprint density at radius 3 is 2.87 bits per heavy atom. The van der Waals surface area contributed by atoms with Crippen molar-refractivity contribution in [2.75, 3.05) is 14.1 Å². The van der Waals surface area contributed by atoms with Crippen LogP contribution in [0.5, 0.6) is 0 Å². The van der Waals surface area contributed by atoms with Crippen molar-refractivity contribution in [1.29, 1.82) is 0 Å². The van der Waals surface area contributed by atoms with E-state index in [-0.39, 0.29) is 5.91 Å². The molecule has 0 aliphatic rings. The van der Waals surface area contributed by atoms with Crippen molar-refractivity contribution in [3.63, 3.8) is 0 Å². The first kappa shape index (κ1) is 9.92. The quantitative estimate of drug-likeness (QED) is 0.752. The standard InChI is InChI=1S/C10H10N2O2S/c1-12(2)9(13)6-3-4-7-8(5-6)14-10(15)11-7/h3-5H,1-2H3,(H,11,15). The molecule has 15 heavy (non-hydrogen) atoms. The van der Waals surface area contributed by atoms with E-state index in [9.17, 15) is 4.79 Å². The molecule has 4 nitrogen and oxygen atoms in total. The van der Waals surface area contributed by atoms with Crippen LogP contribution in [0.2, 0.25) is 0 Å². The molecule has 1 aromatic carbocycles. The molecule has 5 heteroatoms. The van der Waals surface area contributed by atoms with Crippen molar-refractivity contribution in [1.82, 2.24) is 9.88 Å². The third-order valence-corrected chi connectivity index (χ3v) is 2.26. The number of aromatic nitrogens is 1. The molecule has 0 aliphatic carbocycles. The zero-order valence-corrected chi connectivity index (χ0v) is 9.22. The van der Waals surface area contributed by atoms with Gasteiger partial charge in [0.2, 0.25) is 0 Å². The van der Waals surface area contributed by atoms with Crippen LogP contribution >= 0.6 is 12.2 Å². The zero-order valence-electron chi connectivity index (χ0n) is 8.40. The van der Waals surface area contributed by atoms with Gasteiger partial charge >= 0.3 is 0 Å². The third-order valence-electron chi connectivity index (χ3n) is 2.07. The highest BCUT2D eigenvalue weighted by atomic mass is 32.1. The maximum absolute atomic E-state index is 11.6. The molecule has 0 saturated carbocycles. The predicted octanol–water partition coefficient (Wildman–Crippen LogP) is 2.19. The number of benzene rings is 1. The van der Waals surface area contributed by atoms with Gasteiger partial charge in [-0.3, -0.25) is 4.79 Å². The molecule has 0 atom stereocenters. The van der Waals surface area contributed by atoms with Crippen LogP contribution in [0, 0.1) is 4.84 Å². The van der Waals surface area contributed by atoms with Crippen molar-refractivity contribution in [2.24, 2.45) is 0 Å². The van der Waals surface area contributed by atoms with E-state index in [2.05, 4.69) is 4.98 Å². The number of amides is 1. The molecule has 2 rings (SSSR count). The summed E-state index contributed by atoms with van der Waals surface area (Å²) in [6.07, 6.45) is 0. The van der Waals surface area contributed by atoms with Crippen LogP contribution < -0.4 is 0 Å². The van der Waals surface area contributed by atoms with Crippen LogP contribution in [0.3, 0.4) is 0 Å². The van der Waals surface area contributed by atoms with Gasteiger partial charge in [-0.2, -0.15) is 0 Å². The Balaban J connectivity index is 2.55. The normalized spacial score (nSPS) is 10.5. The fraction of sp³-hybridized carbons (Fsp3) is 0.200. The lowest BCUT2D eigenvalue weighted by molar-refractivity contribution is 0.0827. The zero-order chi connectivity index (χ0) is 11.0. The number of hydrogen-bond acceptors (Lipinski definition) is 3. The molecule has 0 saturated heterocycles. The largest absolute Gasteiger partial charge is 0.429 e. The van der Waals surface area contributed by atoms with Gasteiger partial charge in [0.05, 0.1) is 5.52 Å². The molecular formula is C10H10N2O2S. The number of oxazole rings is 1. The Hall–Kier alpha value is -1.62. The summed E-state index contributed by atoms with van der Waals surface area (Å²) in [7, 11) is 3.42. The molecule has 2 aromatic rings. The fourth-order valence-corrected chi connectivity index (χ4v) is 1.54. The first-order chi connectivity index (χ1) is 7.08. The summed E-state index contributed by atoms with van der Waals surface area (Å²) in [4.78, 5) is 16.4. The third kappa shape index (κ3) is 1.78. The highest BCUT2D eigenvalue weighted by molar-refractivity contribution is 7.71. The number of carbonyl (C=O) groups is 1. The maximum atomic E-state index is 11.6. The Labute approximate surface area is 91.5 Å². The Morgan fingerprint density at radius 1 is 1.47 bits per heavy atom. The van der Waals surface area contributed by atoms with Gasteiger partial charge in [-0.25, -0.2) is 0 Å². The van der Waals surface area contributed by atoms with Crippen LogP contribution in [0.25, 0.3) is 11.1 Å². The lowest BCUT2D eigenvalue weighted by atomic mass is 10.2. The molecule has 0 radical (unpaired) electrons. The van der Waals surface area contributed by atoms with Crippen molar-refractivity contribution >= 4 is 29.2 Å². The SMILES string of the molecule is CN(C)C(=O)c1ccc2[nH]c(=S)oc2c1. The second-order valence-electron chi connectivity index (χ2n) is 3.43. The average Bonchev–Trinajstić information content (AvgIpc) is 2.55. The second-order valence-corrected chi connectivity index (χ2v) is 3.80. The van der Waals surface area contributed by atoms with Gasteiger partial charge in [-0.15, -0.1) is 0 Å². The van der Waals surface area contributed by atoms with Crippen molar-refractivity contribution in [3.8, 4) is 0 Å². The van der Waals surface area contributed by atoms with E-state index in [0.717, 1.165) is 5.52 Å². The number of nitrogens with zero attached hydrogens (tertiary/aromatic N) is 1. The van der Waals surface area contributed by atoms with Crippen LogP contribution in [0.4, 0.5) is 0 Å². The maximum Gasteiger partial charge on any atom is 0.266 e. The van der Waals surface area contributed by atoms with E-state index in [1.807, 2.05) is 0 Å². The predicted molar refractivity (Wildman–Crippen MR) is 59.4 cm³/mol. The molecule has 1 heterocycles. The van der Waals surface area contributed by atoms with E-state index in [0.29, 0.717) is 16.0 Å². The number of aromatic amines is 1. The summed E-state index contributed by atoms with van der Waals surface area (Å²) >= 11 is 4.86. The lowest BCUT2D eigenvalue weighted by Gasteiger charge is -2.09. The van der Waals surface area contributed by atoms with E-state index in [4.69, 9.17) is 16.6 Å². The lowest BCUT2D eigenvalue weighted by Crippen LogP contribution is -2.21. The summed E-state index contributed by atoms with van der Waals surface area (Å²) in [6.45, 7) is 0. The van der Waals surface area contributed by atoms with Crippen LogP contribution in [-0.4, -0.2) is 29.9 Å². The summed E-state index contributed by atoms with van der Waals surface area (Å²) in [5.74, 6) is -0.0563. The molecular weight excluding hydrogens is 212 g/mol. The number of fused-ring (bicyclic) bond motifs is 1. The van der Waals surface area contributed by atoms with Crippen molar-refractivity contribution in [2.45, 2.75) is 0 Å². The Kier molecular flexibility index (Phi) is 2.32. The van der Waals surface area contributed by atoms with Gasteiger partial charge in [0.1, 0.15) is 0 Å². The highest BCUT2D eigenvalue weighted by Gasteiger charge is 2.09. The Bertz CT molecular complexity index is 568. The Morgan fingerprint density at radius 2 is 2.20 bits per heavy atom. The first-order valence-electron chi connectivity index (χ1n) is 4.42. The number of rotatable bonds is 1. The number of H-pyrrole nitrogens is 1. The first-order valence-corrected chi connectivity index (χ1v) is 4.83. The summed E-state index contributed by atoms with van der Waals surface area (Å²) in [6, 6.07) is 5.21. The molecule has 78 valence electrons. The van der Waals surface area contributed by atoms with Gasteiger partial charge in [0, 0.05) is 19.7 Å². The van der Waals surface area contributed by atoms with Crippen LogP contribution in [-0.2, 0) is 0 Å². The van der Waals surface area contributed by atoms with Gasteiger partial charge in [-0.1, -0.05) is 0 Å². The fourth-order valence-electron chi connectivity index (χ4n) is 1.34. The van der Waals surface area contributed by atoms with Gasteiger partial charge < -0.3 is 14.3 Å². The smallest absolute Gasteiger partial charge is 0.266 e. The molecule has 0 aliphatic heterocycles. The molecule has 0 fully saturated rings. The molecule has 0 spiro atoms. The van der Waals surface area contributed by atoms with Crippen LogP contribution in [0.15, 0.2) is 22.6 Å². The summed E-state index contributed by atoms with van der Waals surface area (Å²) in [5, 5.41) is 0. The summed E-state index contributed by atoms with van der Waals surface area (Å²) < 4.78 is 5.23. The molecule has 1 aromatic heterocycles. The monoisotopic (exact) mass is 222 g/mol. The minimum Gasteiger partial charge on any atom is -0.429 e. The molecule has 1 amide bonds. The number of hydrogen-bond donors (Lipinski definition) is 1. The van der Waals surface area contributed by atoms with Crippen molar-refractivity contribution < 1.29 is 9.21 Å². The second kappa shape index (κ2) is 3.51. The molecule has 0 unspecified atom stereocenters. The number of nitrogens with one attached hydrogen (secondary N) is 1. The van der Waals surface area contributed by atoms with Gasteiger partial charge in [-0.05, 0) is 30.4 Å². The molecule has 1 N–H and O–H groups in total. The summed E-state index contributed by atoms with van der Waals surface area (Å²) in [5.41, 5.74) is 1.99. The molecule has 0 bridgehead atoms. The van der Waals surface area contributed by atoms with E-state index >= 15 is 0 Å². The van der Waals surface area contributed by atoms with E-state index in [1.54, 1.807) is 32.3 Å². The highest BCUT2D eigenvalue weighted by Crippen LogP contribution is 2.16.